The summed E-state index contributed by atoms with van der Waals surface area (Å²) in [6, 6.07) is 8.66. The molecule has 1 fully saturated rings. The van der Waals surface area contributed by atoms with Crippen LogP contribution in [0, 0.1) is 5.92 Å². The minimum Gasteiger partial charge on any atom is -0.355 e. The third-order valence-electron chi connectivity index (χ3n) is 5.19. The highest BCUT2D eigenvalue weighted by atomic mass is 15.1. The molecule has 3 aliphatic rings. The van der Waals surface area contributed by atoms with E-state index in [0.717, 1.165) is 19.5 Å². The third kappa shape index (κ3) is 1.97. The Morgan fingerprint density at radius 2 is 2.14 bits per heavy atom. The van der Waals surface area contributed by atoms with Crippen LogP contribution in [0.3, 0.4) is 0 Å². The molecule has 3 aliphatic heterocycles. The molecule has 0 saturated carbocycles. The Balaban J connectivity index is 1.91. The van der Waals surface area contributed by atoms with Crippen molar-refractivity contribution in [2.75, 3.05) is 19.6 Å². The van der Waals surface area contributed by atoms with Gasteiger partial charge in [0.05, 0.1) is 0 Å². The van der Waals surface area contributed by atoms with Gasteiger partial charge in [-0.3, -0.25) is 4.90 Å². The number of para-hydroxylation sites is 1. The van der Waals surface area contributed by atoms with Crippen molar-refractivity contribution >= 4 is 16.5 Å². The van der Waals surface area contributed by atoms with Crippen molar-refractivity contribution in [3.05, 3.63) is 53.8 Å². The monoisotopic (exact) mass is 278 g/mol. The first-order valence-corrected chi connectivity index (χ1v) is 7.94. The maximum absolute atomic E-state index is 4.48. The smallest absolute Gasteiger partial charge is 0.0461 e. The van der Waals surface area contributed by atoms with Crippen LogP contribution in [0.1, 0.15) is 24.6 Å². The van der Waals surface area contributed by atoms with Crippen LogP contribution in [0.2, 0.25) is 0 Å². The molecule has 1 aromatic heterocycles. The first kappa shape index (κ1) is 12.9. The van der Waals surface area contributed by atoms with Crippen LogP contribution in [-0.4, -0.2) is 29.5 Å². The third-order valence-corrected chi connectivity index (χ3v) is 5.19. The SMILES string of the molecule is C=C1c2[nH]c3ccccc3c2CCN2CCC1/C(=C/C)C2. The van der Waals surface area contributed by atoms with Crippen molar-refractivity contribution < 1.29 is 0 Å². The zero-order valence-corrected chi connectivity index (χ0v) is 12.7. The maximum atomic E-state index is 4.48. The Labute approximate surface area is 126 Å². The van der Waals surface area contributed by atoms with E-state index < -0.39 is 0 Å². The Hall–Kier alpha value is -1.80. The Kier molecular flexibility index (Phi) is 3.00. The van der Waals surface area contributed by atoms with Gasteiger partial charge in [0.25, 0.3) is 0 Å². The van der Waals surface area contributed by atoms with E-state index in [1.54, 1.807) is 0 Å². The minimum absolute atomic E-state index is 0.510. The fourth-order valence-electron chi connectivity index (χ4n) is 4.00. The molecular weight excluding hydrogens is 256 g/mol. The highest BCUT2D eigenvalue weighted by Gasteiger charge is 2.30. The predicted octanol–water partition coefficient (Wildman–Crippen LogP) is 4.01. The maximum Gasteiger partial charge on any atom is 0.0461 e. The molecule has 2 atom stereocenters. The summed E-state index contributed by atoms with van der Waals surface area (Å²) in [7, 11) is 0. The topological polar surface area (TPSA) is 19.0 Å². The summed E-state index contributed by atoms with van der Waals surface area (Å²) in [5, 5.41) is 1.37. The highest BCUT2D eigenvalue weighted by Crippen LogP contribution is 2.39. The molecule has 0 radical (unpaired) electrons. The van der Waals surface area contributed by atoms with Gasteiger partial charge in [0.15, 0.2) is 0 Å². The molecule has 21 heavy (non-hydrogen) atoms. The number of rotatable bonds is 0. The van der Waals surface area contributed by atoms with Gasteiger partial charge >= 0.3 is 0 Å². The molecule has 1 aromatic carbocycles. The van der Waals surface area contributed by atoms with Gasteiger partial charge in [-0.25, -0.2) is 0 Å². The van der Waals surface area contributed by atoms with Gasteiger partial charge in [0, 0.05) is 35.6 Å². The first-order valence-electron chi connectivity index (χ1n) is 7.94. The average Bonchev–Trinajstić information content (AvgIpc) is 2.93. The Morgan fingerprint density at radius 1 is 1.29 bits per heavy atom. The van der Waals surface area contributed by atoms with Crippen LogP contribution in [0.25, 0.3) is 16.5 Å². The number of nitrogens with zero attached hydrogens (tertiary/aromatic N) is 1. The van der Waals surface area contributed by atoms with Crippen LogP contribution < -0.4 is 0 Å². The molecule has 0 amide bonds. The summed E-state index contributed by atoms with van der Waals surface area (Å²) >= 11 is 0. The van der Waals surface area contributed by atoms with E-state index in [1.165, 1.54) is 46.3 Å². The van der Waals surface area contributed by atoms with Crippen LogP contribution >= 0.6 is 0 Å². The number of benzene rings is 1. The van der Waals surface area contributed by atoms with E-state index in [2.05, 4.69) is 53.7 Å². The number of nitrogens with one attached hydrogen (secondary N) is 1. The largest absolute Gasteiger partial charge is 0.355 e. The lowest BCUT2D eigenvalue weighted by atomic mass is 9.84. The van der Waals surface area contributed by atoms with Crippen LogP contribution in [-0.2, 0) is 6.42 Å². The number of piperidine rings is 1. The Morgan fingerprint density at radius 3 is 3.00 bits per heavy atom. The standard InChI is InChI=1S/C19H22N2/c1-3-14-12-21-10-8-15(14)13(2)19-17(9-11-21)16-6-4-5-7-18(16)20-19/h3-7,15,20H,2,8-12H2,1H3/b14-3+. The molecule has 1 N–H and O–H groups in total. The molecule has 2 aromatic rings. The molecule has 108 valence electrons. The summed E-state index contributed by atoms with van der Waals surface area (Å²) < 4.78 is 0. The number of hydrogen-bond acceptors (Lipinski definition) is 1. The quantitative estimate of drug-likeness (QED) is 0.722. The lowest BCUT2D eigenvalue weighted by Crippen LogP contribution is -2.36. The second-order valence-corrected chi connectivity index (χ2v) is 6.28. The molecule has 1 saturated heterocycles. The van der Waals surface area contributed by atoms with E-state index >= 15 is 0 Å². The molecule has 2 heteroatoms. The van der Waals surface area contributed by atoms with Gasteiger partial charge in [-0.15, -0.1) is 0 Å². The molecular formula is C19H22N2. The summed E-state index contributed by atoms with van der Waals surface area (Å²) in [6.45, 7) is 10.1. The van der Waals surface area contributed by atoms with E-state index in [0.29, 0.717) is 5.92 Å². The predicted molar refractivity (Wildman–Crippen MR) is 89.3 cm³/mol. The molecule has 2 unspecified atom stereocenters. The molecule has 0 aliphatic carbocycles. The van der Waals surface area contributed by atoms with Gasteiger partial charge in [-0.1, -0.05) is 36.4 Å². The molecule has 2 bridgehead atoms. The fraction of sp³-hybridized carbons (Fsp3) is 0.368. The molecule has 0 spiro atoms. The zero-order chi connectivity index (χ0) is 14.4. The second kappa shape index (κ2) is 4.88. The Bertz CT molecular complexity index is 735. The normalized spacial score (nSPS) is 27.5. The van der Waals surface area contributed by atoms with Gasteiger partial charge in [-0.2, -0.15) is 0 Å². The lowest BCUT2D eigenvalue weighted by Gasteiger charge is -2.33. The summed E-state index contributed by atoms with van der Waals surface area (Å²) in [6.07, 6.45) is 4.62. The summed E-state index contributed by atoms with van der Waals surface area (Å²) in [5.74, 6) is 0.510. The van der Waals surface area contributed by atoms with Crippen molar-refractivity contribution in [3.63, 3.8) is 0 Å². The van der Waals surface area contributed by atoms with Gasteiger partial charge < -0.3 is 4.98 Å². The van der Waals surface area contributed by atoms with Crippen molar-refractivity contribution in [1.29, 1.82) is 0 Å². The number of aromatic amines is 1. The lowest BCUT2D eigenvalue weighted by molar-refractivity contribution is 0.255. The summed E-state index contributed by atoms with van der Waals surface area (Å²) in [4.78, 5) is 6.24. The summed E-state index contributed by atoms with van der Waals surface area (Å²) in [5.41, 5.74) is 6.83. The van der Waals surface area contributed by atoms with Gasteiger partial charge in [0.1, 0.15) is 0 Å². The van der Waals surface area contributed by atoms with E-state index in [9.17, 15) is 0 Å². The molecule has 4 heterocycles. The number of hydrogen-bond donors (Lipinski definition) is 1. The average molecular weight is 278 g/mol. The highest BCUT2D eigenvalue weighted by molar-refractivity contribution is 5.89. The fourth-order valence-corrected chi connectivity index (χ4v) is 4.00. The number of aromatic nitrogens is 1. The number of H-pyrrole nitrogens is 1. The molecule has 5 rings (SSSR count). The van der Waals surface area contributed by atoms with Gasteiger partial charge in [0.2, 0.25) is 0 Å². The van der Waals surface area contributed by atoms with Crippen molar-refractivity contribution in [2.24, 2.45) is 5.92 Å². The van der Waals surface area contributed by atoms with E-state index in [1.807, 2.05) is 0 Å². The van der Waals surface area contributed by atoms with Crippen LogP contribution in [0.5, 0.6) is 0 Å². The van der Waals surface area contributed by atoms with Crippen molar-refractivity contribution in [3.8, 4) is 0 Å². The second-order valence-electron chi connectivity index (χ2n) is 6.28. The van der Waals surface area contributed by atoms with E-state index in [-0.39, 0.29) is 0 Å². The van der Waals surface area contributed by atoms with Crippen molar-refractivity contribution in [2.45, 2.75) is 19.8 Å². The first-order chi connectivity index (χ1) is 10.3. The zero-order valence-electron chi connectivity index (χ0n) is 12.7. The van der Waals surface area contributed by atoms with Crippen LogP contribution in [0.15, 0.2) is 42.5 Å². The van der Waals surface area contributed by atoms with Crippen molar-refractivity contribution in [1.82, 2.24) is 9.88 Å². The number of fused-ring (bicyclic) bond motifs is 4. The molecule has 2 nitrogen and oxygen atoms in total. The van der Waals surface area contributed by atoms with Gasteiger partial charge in [-0.05, 0) is 43.5 Å². The number of allylic oxidation sites excluding steroid dienone is 2. The van der Waals surface area contributed by atoms with Crippen LogP contribution in [0.4, 0.5) is 0 Å². The van der Waals surface area contributed by atoms with E-state index in [4.69, 9.17) is 0 Å². The minimum atomic E-state index is 0.510.